The first-order valence-electron chi connectivity index (χ1n) is 12.6. The number of benzene rings is 2. The molecule has 3 rings (SSSR count). The van der Waals surface area contributed by atoms with E-state index in [-0.39, 0.29) is 42.2 Å². The second kappa shape index (κ2) is 12.6. The van der Waals surface area contributed by atoms with Crippen molar-refractivity contribution in [2.45, 2.75) is 51.5 Å². The van der Waals surface area contributed by atoms with Crippen LogP contribution in [-0.2, 0) is 14.4 Å². The molecule has 0 spiro atoms. The van der Waals surface area contributed by atoms with Crippen LogP contribution < -0.4 is 10.6 Å². The summed E-state index contributed by atoms with van der Waals surface area (Å²) in [7, 11) is 2.01. The van der Waals surface area contributed by atoms with E-state index in [0.29, 0.717) is 18.7 Å². The van der Waals surface area contributed by atoms with Crippen LogP contribution in [0.15, 0.2) is 48.5 Å². The predicted octanol–water partition coefficient (Wildman–Crippen LogP) is 3.73. The van der Waals surface area contributed by atoms with E-state index in [0.717, 1.165) is 18.7 Å². The zero-order valence-corrected chi connectivity index (χ0v) is 21.6. The largest absolute Gasteiger partial charge is 0.344 e. The number of hydrogen-bond donors (Lipinski definition) is 2. The maximum atomic E-state index is 15.0. The summed E-state index contributed by atoms with van der Waals surface area (Å²) in [5.74, 6) is -1.70. The summed E-state index contributed by atoms with van der Waals surface area (Å²) in [6.45, 7) is 8.19. The Labute approximate surface area is 213 Å². The predicted molar refractivity (Wildman–Crippen MR) is 139 cm³/mol. The first kappa shape index (κ1) is 27.3. The highest BCUT2D eigenvalue weighted by atomic mass is 19.1. The topological polar surface area (TPSA) is 81.8 Å². The van der Waals surface area contributed by atoms with Gasteiger partial charge in [-0.15, -0.1) is 0 Å². The fraction of sp³-hybridized carbons (Fsp3) is 0.464. The van der Waals surface area contributed by atoms with E-state index < -0.39 is 17.8 Å². The molecule has 0 bridgehead atoms. The maximum absolute atomic E-state index is 15.0. The number of carbonyl (C=O) groups is 3. The van der Waals surface area contributed by atoms with Crippen molar-refractivity contribution in [2.75, 3.05) is 38.5 Å². The van der Waals surface area contributed by atoms with Gasteiger partial charge in [0.25, 0.3) is 0 Å². The van der Waals surface area contributed by atoms with Crippen molar-refractivity contribution in [1.29, 1.82) is 0 Å². The van der Waals surface area contributed by atoms with E-state index in [1.54, 1.807) is 17.9 Å². The van der Waals surface area contributed by atoms with E-state index in [1.165, 1.54) is 12.1 Å². The number of nitrogens with one attached hydrogen (secondary N) is 2. The van der Waals surface area contributed by atoms with Gasteiger partial charge in [0, 0.05) is 44.9 Å². The van der Waals surface area contributed by atoms with Crippen LogP contribution in [0.25, 0.3) is 0 Å². The van der Waals surface area contributed by atoms with Gasteiger partial charge in [-0.1, -0.05) is 57.2 Å². The van der Waals surface area contributed by atoms with Crippen LogP contribution in [0.5, 0.6) is 0 Å². The molecule has 1 fully saturated rings. The van der Waals surface area contributed by atoms with Gasteiger partial charge in [0.05, 0.1) is 5.69 Å². The third-order valence-electron chi connectivity index (χ3n) is 6.87. The van der Waals surface area contributed by atoms with Crippen molar-refractivity contribution in [1.82, 2.24) is 15.1 Å². The van der Waals surface area contributed by atoms with Crippen molar-refractivity contribution < 1.29 is 18.8 Å². The van der Waals surface area contributed by atoms with Crippen molar-refractivity contribution in [2.24, 2.45) is 0 Å². The van der Waals surface area contributed by atoms with Crippen LogP contribution in [0.4, 0.5) is 10.1 Å². The minimum Gasteiger partial charge on any atom is -0.344 e. The monoisotopic (exact) mass is 496 g/mol. The highest BCUT2D eigenvalue weighted by molar-refractivity contribution is 5.91. The number of nitrogens with zero attached hydrogens (tertiary/aromatic N) is 2. The Morgan fingerprint density at radius 2 is 1.61 bits per heavy atom. The Morgan fingerprint density at radius 3 is 2.22 bits per heavy atom. The second-order valence-electron chi connectivity index (χ2n) is 9.62. The zero-order valence-electron chi connectivity index (χ0n) is 21.6. The normalized spacial score (nSPS) is 16.6. The molecule has 1 aliphatic rings. The lowest BCUT2D eigenvalue weighted by Gasteiger charge is -2.36. The van der Waals surface area contributed by atoms with Gasteiger partial charge in [-0.3, -0.25) is 14.4 Å². The average Bonchev–Trinajstić information content (AvgIpc) is 2.88. The number of piperazine rings is 1. The molecule has 0 aliphatic carbocycles. The number of likely N-dealkylation sites (N-methyl/N-ethyl adjacent to an activating group) is 1. The van der Waals surface area contributed by atoms with Crippen LogP contribution in [0.1, 0.15) is 56.6 Å². The quantitative estimate of drug-likeness (QED) is 0.554. The van der Waals surface area contributed by atoms with Gasteiger partial charge < -0.3 is 20.4 Å². The molecule has 36 heavy (non-hydrogen) atoms. The van der Waals surface area contributed by atoms with E-state index in [4.69, 9.17) is 0 Å². The standard InChI is InChI=1S/C28H37FN4O3/c1-5-25(34)31-27(28(36)33-15-13-32(4)14-16-33)20(3)22-11-12-24(23(29)18-22)30-26(35)17-19(2)21-9-7-6-8-10-21/h6-12,18-20,27H,5,13-17H2,1-4H3,(H,30,35)(H,31,34)/t19-,20+,27-/m1/s1. The summed E-state index contributed by atoms with van der Waals surface area (Å²) < 4.78 is 15.0. The minimum atomic E-state index is -0.799. The van der Waals surface area contributed by atoms with Gasteiger partial charge in [-0.25, -0.2) is 4.39 Å². The first-order chi connectivity index (χ1) is 17.2. The van der Waals surface area contributed by atoms with Gasteiger partial charge in [0.2, 0.25) is 17.7 Å². The molecule has 3 amide bonds. The molecular weight excluding hydrogens is 459 g/mol. The van der Waals surface area contributed by atoms with Gasteiger partial charge >= 0.3 is 0 Å². The van der Waals surface area contributed by atoms with Crippen molar-refractivity contribution >= 4 is 23.4 Å². The summed E-state index contributed by atoms with van der Waals surface area (Å²) in [5.41, 5.74) is 1.71. The molecule has 3 atom stereocenters. The van der Waals surface area contributed by atoms with Crippen molar-refractivity contribution in [3.8, 4) is 0 Å². The molecule has 194 valence electrons. The molecule has 0 saturated carbocycles. The molecule has 8 heteroatoms. The zero-order chi connectivity index (χ0) is 26.2. The molecular formula is C28H37FN4O3. The summed E-state index contributed by atoms with van der Waals surface area (Å²) >= 11 is 0. The Bertz CT molecular complexity index is 1050. The number of amides is 3. The number of halogens is 1. The van der Waals surface area contributed by atoms with Crippen LogP contribution in [0, 0.1) is 5.82 Å². The molecule has 0 unspecified atom stereocenters. The Balaban J connectivity index is 1.70. The smallest absolute Gasteiger partial charge is 0.245 e. The van der Waals surface area contributed by atoms with Crippen molar-refractivity contribution in [3.63, 3.8) is 0 Å². The van der Waals surface area contributed by atoms with Gasteiger partial charge in [0.1, 0.15) is 11.9 Å². The number of hydrogen-bond acceptors (Lipinski definition) is 4. The Hall–Kier alpha value is -3.26. The third-order valence-corrected chi connectivity index (χ3v) is 6.87. The maximum Gasteiger partial charge on any atom is 0.245 e. The van der Waals surface area contributed by atoms with Crippen LogP contribution in [0.3, 0.4) is 0 Å². The minimum absolute atomic E-state index is 0.00270. The Morgan fingerprint density at radius 1 is 0.944 bits per heavy atom. The SMILES string of the molecule is CCC(=O)N[C@@H](C(=O)N1CCN(C)CC1)[C@@H](C)c1ccc(NC(=O)C[C@@H](C)c2ccccc2)c(F)c1. The van der Waals surface area contributed by atoms with E-state index in [9.17, 15) is 14.4 Å². The lowest BCUT2D eigenvalue weighted by molar-refractivity contribution is -0.138. The molecule has 0 radical (unpaired) electrons. The van der Waals surface area contributed by atoms with E-state index >= 15 is 4.39 Å². The molecule has 2 N–H and O–H groups in total. The van der Waals surface area contributed by atoms with Gasteiger partial charge in [-0.2, -0.15) is 0 Å². The average molecular weight is 497 g/mol. The summed E-state index contributed by atoms with van der Waals surface area (Å²) in [6.07, 6.45) is 0.478. The molecule has 7 nitrogen and oxygen atoms in total. The van der Waals surface area contributed by atoms with Gasteiger partial charge in [0.15, 0.2) is 0 Å². The molecule has 1 saturated heterocycles. The van der Waals surface area contributed by atoms with Gasteiger partial charge in [-0.05, 0) is 36.2 Å². The van der Waals surface area contributed by atoms with Crippen molar-refractivity contribution in [3.05, 3.63) is 65.5 Å². The third kappa shape index (κ3) is 7.13. The molecule has 1 aliphatic heterocycles. The van der Waals surface area contributed by atoms with Crippen LogP contribution in [0.2, 0.25) is 0 Å². The molecule has 1 heterocycles. The lowest BCUT2D eigenvalue weighted by atomic mass is 9.91. The first-order valence-corrected chi connectivity index (χ1v) is 12.6. The second-order valence-corrected chi connectivity index (χ2v) is 9.62. The number of anilines is 1. The number of carbonyl (C=O) groups excluding carboxylic acids is 3. The van der Waals surface area contributed by atoms with Crippen LogP contribution in [-0.4, -0.2) is 66.8 Å². The number of rotatable bonds is 9. The molecule has 2 aromatic carbocycles. The molecule has 0 aromatic heterocycles. The highest BCUT2D eigenvalue weighted by Gasteiger charge is 2.33. The van der Waals surface area contributed by atoms with E-state index in [2.05, 4.69) is 15.5 Å². The van der Waals surface area contributed by atoms with Crippen LogP contribution >= 0.6 is 0 Å². The van der Waals surface area contributed by atoms with E-state index in [1.807, 2.05) is 51.2 Å². The summed E-state index contributed by atoms with van der Waals surface area (Å²) in [4.78, 5) is 42.0. The summed E-state index contributed by atoms with van der Waals surface area (Å²) in [6, 6.07) is 13.5. The lowest BCUT2D eigenvalue weighted by Crippen LogP contribution is -2.55. The molecule has 2 aromatic rings. The fourth-order valence-electron chi connectivity index (χ4n) is 4.39. The highest BCUT2D eigenvalue weighted by Crippen LogP contribution is 2.26. The fourth-order valence-corrected chi connectivity index (χ4v) is 4.39. The Kier molecular flexibility index (Phi) is 9.58. The summed E-state index contributed by atoms with van der Waals surface area (Å²) in [5, 5.41) is 5.50.